The Balaban J connectivity index is 2.28. The lowest BCUT2D eigenvalue weighted by atomic mass is 10.1. The van der Waals surface area contributed by atoms with Gasteiger partial charge in [0.25, 0.3) is 5.91 Å². The highest BCUT2D eigenvalue weighted by molar-refractivity contribution is 5.97. The zero-order valence-electron chi connectivity index (χ0n) is 10.6. The fourth-order valence-electron chi connectivity index (χ4n) is 2.09. The highest BCUT2D eigenvalue weighted by atomic mass is 16.2. The third-order valence-corrected chi connectivity index (χ3v) is 3.11. The molecule has 0 bridgehead atoms. The number of nitrogens with one attached hydrogen (secondary N) is 3. The quantitative estimate of drug-likeness (QED) is 0.608. The molecule has 1 aliphatic rings. The van der Waals surface area contributed by atoms with Gasteiger partial charge in [0.1, 0.15) is 11.6 Å². The maximum atomic E-state index is 12.3. The van der Waals surface area contributed by atoms with Crippen molar-refractivity contribution in [3.8, 4) is 0 Å². The molecule has 2 rings (SSSR count). The molecule has 0 radical (unpaired) electrons. The lowest BCUT2D eigenvalue weighted by Gasteiger charge is -2.34. The van der Waals surface area contributed by atoms with Crippen molar-refractivity contribution in [1.29, 1.82) is 0 Å². The Hall–Kier alpha value is -2.15. The van der Waals surface area contributed by atoms with Crippen LogP contribution in [0.4, 0.5) is 0 Å². The number of carbonyl (C=O) groups is 2. The number of pyridine rings is 1. The van der Waals surface area contributed by atoms with Crippen LogP contribution in [-0.2, 0) is 4.79 Å². The first-order valence-corrected chi connectivity index (χ1v) is 6.05. The van der Waals surface area contributed by atoms with E-state index >= 15 is 0 Å². The van der Waals surface area contributed by atoms with Crippen LogP contribution < -0.4 is 16.1 Å². The summed E-state index contributed by atoms with van der Waals surface area (Å²) < 4.78 is 0. The number of H-pyrrole nitrogens is 1. The zero-order chi connectivity index (χ0) is 13.8. The summed E-state index contributed by atoms with van der Waals surface area (Å²) in [6, 6.07) is 0.704. The first-order valence-electron chi connectivity index (χ1n) is 6.05. The van der Waals surface area contributed by atoms with Crippen molar-refractivity contribution in [3.63, 3.8) is 0 Å². The molecule has 1 saturated heterocycles. The molecular formula is C12H16N4O3. The van der Waals surface area contributed by atoms with Crippen LogP contribution in [0.3, 0.4) is 0 Å². The first-order chi connectivity index (χ1) is 9.15. The minimum Gasteiger partial charge on any atom is -0.367 e. The van der Waals surface area contributed by atoms with Crippen molar-refractivity contribution in [2.24, 2.45) is 0 Å². The molecule has 0 spiro atoms. The predicted octanol–water partition coefficient (Wildman–Crippen LogP) is -1.47. The van der Waals surface area contributed by atoms with Gasteiger partial charge in [-0.25, -0.2) is 0 Å². The number of amides is 2. The Morgan fingerprint density at radius 3 is 2.95 bits per heavy atom. The SMILES string of the molecule is CNC(=O)C1CNCCN1C(=O)c1c[nH]ccc1=O. The summed E-state index contributed by atoms with van der Waals surface area (Å²) in [7, 11) is 1.52. The van der Waals surface area contributed by atoms with Gasteiger partial charge in [-0.2, -0.15) is 0 Å². The van der Waals surface area contributed by atoms with Gasteiger partial charge < -0.3 is 20.5 Å². The summed E-state index contributed by atoms with van der Waals surface area (Å²) >= 11 is 0. The zero-order valence-corrected chi connectivity index (χ0v) is 10.6. The molecule has 7 heteroatoms. The summed E-state index contributed by atoms with van der Waals surface area (Å²) in [5.74, 6) is -0.662. The lowest BCUT2D eigenvalue weighted by Crippen LogP contribution is -2.59. The molecule has 7 nitrogen and oxygen atoms in total. The summed E-state index contributed by atoms with van der Waals surface area (Å²) in [5, 5.41) is 5.59. The molecule has 1 aliphatic heterocycles. The molecule has 19 heavy (non-hydrogen) atoms. The molecule has 1 aromatic rings. The van der Waals surface area contributed by atoms with Crippen molar-refractivity contribution in [1.82, 2.24) is 20.5 Å². The topological polar surface area (TPSA) is 94.3 Å². The molecule has 1 unspecified atom stereocenters. The third-order valence-electron chi connectivity index (χ3n) is 3.11. The smallest absolute Gasteiger partial charge is 0.260 e. The van der Waals surface area contributed by atoms with Gasteiger partial charge in [0, 0.05) is 45.1 Å². The van der Waals surface area contributed by atoms with Crippen LogP contribution in [0.5, 0.6) is 0 Å². The maximum Gasteiger partial charge on any atom is 0.260 e. The highest BCUT2D eigenvalue weighted by Gasteiger charge is 2.32. The molecule has 1 fully saturated rings. The van der Waals surface area contributed by atoms with Crippen LogP contribution in [0.25, 0.3) is 0 Å². The second kappa shape index (κ2) is 5.66. The number of piperazine rings is 1. The molecule has 2 amide bonds. The van der Waals surface area contributed by atoms with E-state index in [-0.39, 0.29) is 16.9 Å². The fourth-order valence-corrected chi connectivity index (χ4v) is 2.09. The standard InChI is InChI=1S/C12H16N4O3/c1-13-11(18)9-7-15-4-5-16(9)12(19)8-6-14-3-2-10(8)17/h2-3,6,9,15H,4-5,7H2,1H3,(H,13,18)(H,14,17). The summed E-state index contributed by atoms with van der Waals surface area (Å²) in [6.45, 7) is 1.38. The predicted molar refractivity (Wildman–Crippen MR) is 68.8 cm³/mol. The van der Waals surface area contributed by atoms with Gasteiger partial charge >= 0.3 is 0 Å². The van der Waals surface area contributed by atoms with Crippen LogP contribution in [0, 0.1) is 0 Å². The van der Waals surface area contributed by atoms with Gasteiger partial charge in [-0.05, 0) is 0 Å². The Labute approximate surface area is 110 Å². The van der Waals surface area contributed by atoms with E-state index in [0.29, 0.717) is 19.6 Å². The molecule has 1 aromatic heterocycles. The second-order valence-corrected chi connectivity index (χ2v) is 4.25. The fraction of sp³-hybridized carbons (Fsp3) is 0.417. The molecule has 102 valence electrons. The van der Waals surface area contributed by atoms with E-state index in [9.17, 15) is 14.4 Å². The average molecular weight is 264 g/mol. The van der Waals surface area contributed by atoms with Crippen molar-refractivity contribution in [3.05, 3.63) is 34.2 Å². The number of likely N-dealkylation sites (N-methyl/N-ethyl adjacent to an activating group) is 1. The largest absolute Gasteiger partial charge is 0.367 e. The lowest BCUT2D eigenvalue weighted by molar-refractivity contribution is -0.125. The molecule has 0 aromatic carbocycles. The van der Waals surface area contributed by atoms with Gasteiger partial charge in [-0.15, -0.1) is 0 Å². The van der Waals surface area contributed by atoms with Gasteiger partial charge in [-0.3, -0.25) is 14.4 Å². The van der Waals surface area contributed by atoms with Gasteiger partial charge in [0.15, 0.2) is 5.43 Å². The van der Waals surface area contributed by atoms with Gasteiger partial charge in [0.05, 0.1) is 0 Å². The van der Waals surface area contributed by atoms with Crippen LogP contribution in [0.15, 0.2) is 23.3 Å². The molecular weight excluding hydrogens is 248 g/mol. The van der Waals surface area contributed by atoms with Crippen molar-refractivity contribution >= 4 is 11.8 Å². The van der Waals surface area contributed by atoms with Crippen LogP contribution >= 0.6 is 0 Å². The normalized spacial score (nSPS) is 19.0. The monoisotopic (exact) mass is 264 g/mol. The number of rotatable bonds is 2. The number of hydrogen-bond donors (Lipinski definition) is 3. The number of carbonyl (C=O) groups excluding carboxylic acids is 2. The van der Waals surface area contributed by atoms with E-state index in [0.717, 1.165) is 0 Å². The Bertz CT molecular complexity index is 540. The van der Waals surface area contributed by atoms with Crippen molar-refractivity contribution < 1.29 is 9.59 Å². The van der Waals surface area contributed by atoms with E-state index in [1.54, 1.807) is 0 Å². The minimum absolute atomic E-state index is 0.0540. The van der Waals surface area contributed by atoms with Gasteiger partial charge in [-0.1, -0.05) is 0 Å². The van der Waals surface area contributed by atoms with Crippen molar-refractivity contribution in [2.45, 2.75) is 6.04 Å². The Morgan fingerprint density at radius 2 is 2.26 bits per heavy atom. The molecule has 3 N–H and O–H groups in total. The highest BCUT2D eigenvalue weighted by Crippen LogP contribution is 2.08. The molecule has 0 aliphatic carbocycles. The summed E-state index contributed by atoms with van der Waals surface area (Å²) in [6.07, 6.45) is 2.83. The van der Waals surface area contributed by atoms with E-state index in [1.165, 1.54) is 30.4 Å². The number of nitrogens with zero attached hydrogens (tertiary/aromatic N) is 1. The average Bonchev–Trinajstić information content (AvgIpc) is 2.46. The van der Waals surface area contributed by atoms with E-state index in [2.05, 4.69) is 15.6 Å². The second-order valence-electron chi connectivity index (χ2n) is 4.25. The van der Waals surface area contributed by atoms with E-state index in [1.807, 2.05) is 0 Å². The van der Waals surface area contributed by atoms with Crippen LogP contribution in [0.1, 0.15) is 10.4 Å². The van der Waals surface area contributed by atoms with Gasteiger partial charge in [0.2, 0.25) is 5.91 Å². The molecule has 0 saturated carbocycles. The first kappa shape index (κ1) is 13.3. The Morgan fingerprint density at radius 1 is 1.47 bits per heavy atom. The van der Waals surface area contributed by atoms with Crippen LogP contribution in [-0.4, -0.2) is 54.4 Å². The number of hydrogen-bond acceptors (Lipinski definition) is 4. The summed E-state index contributed by atoms with van der Waals surface area (Å²) in [4.78, 5) is 39.9. The number of aromatic nitrogens is 1. The van der Waals surface area contributed by atoms with Crippen LogP contribution in [0.2, 0.25) is 0 Å². The summed E-state index contributed by atoms with van der Waals surface area (Å²) in [5.41, 5.74) is -0.295. The van der Waals surface area contributed by atoms with Crippen molar-refractivity contribution in [2.75, 3.05) is 26.7 Å². The maximum absolute atomic E-state index is 12.3. The third kappa shape index (κ3) is 2.65. The minimum atomic E-state index is -0.592. The molecule has 1 atom stereocenters. The molecule has 2 heterocycles. The van der Waals surface area contributed by atoms with E-state index in [4.69, 9.17) is 0 Å². The van der Waals surface area contributed by atoms with E-state index < -0.39 is 11.9 Å². The number of aromatic amines is 1. The Kier molecular flexibility index (Phi) is 3.96.